The summed E-state index contributed by atoms with van der Waals surface area (Å²) in [6.45, 7) is 7.57. The molecule has 0 unspecified atom stereocenters. The zero-order chi connectivity index (χ0) is 16.1. The molecule has 2 bridgehead atoms. The van der Waals surface area contributed by atoms with E-state index in [1.807, 2.05) is 12.2 Å². The molecule has 3 fully saturated rings. The van der Waals surface area contributed by atoms with Gasteiger partial charge in [-0.15, -0.1) is 6.58 Å². The smallest absolute Gasteiger partial charge is 0.174 e. The van der Waals surface area contributed by atoms with Gasteiger partial charge in [0.1, 0.15) is 0 Å². The maximum absolute atomic E-state index is 12.3. The zero-order valence-corrected chi connectivity index (χ0v) is 14.2. The SMILES string of the molecule is C=CCCCC1=CC(=O)C[C@H]2CC3(OCCO3)[C@@]3(C)CC[C@@]12C3. The van der Waals surface area contributed by atoms with Gasteiger partial charge in [0.2, 0.25) is 0 Å². The molecule has 0 amide bonds. The average Bonchev–Trinajstić information content (AvgIpc) is 3.10. The second-order valence-electron chi connectivity index (χ2n) is 8.27. The van der Waals surface area contributed by atoms with Gasteiger partial charge in [0, 0.05) is 18.3 Å². The molecule has 2 spiro atoms. The molecule has 1 aliphatic heterocycles. The lowest BCUT2D eigenvalue weighted by Gasteiger charge is -2.54. The van der Waals surface area contributed by atoms with Gasteiger partial charge in [-0.3, -0.25) is 4.79 Å². The molecule has 0 radical (unpaired) electrons. The van der Waals surface area contributed by atoms with E-state index in [1.165, 1.54) is 12.0 Å². The molecule has 0 aromatic rings. The van der Waals surface area contributed by atoms with E-state index in [0.29, 0.717) is 31.3 Å². The summed E-state index contributed by atoms with van der Waals surface area (Å²) in [6, 6.07) is 0. The number of rotatable bonds is 4. The Labute approximate surface area is 139 Å². The van der Waals surface area contributed by atoms with Gasteiger partial charge in [-0.05, 0) is 55.9 Å². The molecular formula is C20H28O3. The standard InChI is InChI=1S/C20H28O3/c1-3-4-5-6-15-11-17(21)12-16-13-20(22-9-10-23-20)18(2)7-8-19(15,16)14-18/h3,11,16H,1,4-10,12-14H2,2H3/t16-,18-,19+/m0/s1. The van der Waals surface area contributed by atoms with Crippen LogP contribution in [0.4, 0.5) is 0 Å². The Hall–Kier alpha value is -0.930. The van der Waals surface area contributed by atoms with E-state index in [-0.39, 0.29) is 10.8 Å². The Bertz CT molecular complexity index is 557. The van der Waals surface area contributed by atoms with E-state index >= 15 is 0 Å². The van der Waals surface area contributed by atoms with Gasteiger partial charge in [0.15, 0.2) is 11.6 Å². The van der Waals surface area contributed by atoms with Gasteiger partial charge in [0.05, 0.1) is 13.2 Å². The van der Waals surface area contributed by atoms with Crippen LogP contribution in [0.1, 0.15) is 58.3 Å². The highest BCUT2D eigenvalue weighted by atomic mass is 16.7. The highest BCUT2D eigenvalue weighted by Gasteiger charge is 2.68. The van der Waals surface area contributed by atoms with Gasteiger partial charge in [-0.25, -0.2) is 0 Å². The van der Waals surface area contributed by atoms with Gasteiger partial charge < -0.3 is 9.47 Å². The minimum atomic E-state index is -0.429. The van der Waals surface area contributed by atoms with Gasteiger partial charge in [-0.1, -0.05) is 18.6 Å². The predicted octanol–water partition coefficient (Wildman–Crippen LogP) is 4.18. The summed E-state index contributed by atoms with van der Waals surface area (Å²) in [4.78, 5) is 12.3. The highest BCUT2D eigenvalue weighted by Crippen LogP contribution is 2.70. The Balaban J connectivity index is 1.67. The molecule has 1 heterocycles. The summed E-state index contributed by atoms with van der Waals surface area (Å²) >= 11 is 0. The van der Waals surface area contributed by atoms with Crippen LogP contribution in [0.15, 0.2) is 24.3 Å². The number of hydrogen-bond donors (Lipinski definition) is 0. The third kappa shape index (κ3) is 2.12. The van der Waals surface area contributed by atoms with E-state index in [9.17, 15) is 4.79 Å². The van der Waals surface area contributed by atoms with Crippen LogP contribution in [0, 0.1) is 16.7 Å². The topological polar surface area (TPSA) is 35.5 Å². The van der Waals surface area contributed by atoms with Crippen LogP contribution in [0.2, 0.25) is 0 Å². The lowest BCUT2D eigenvalue weighted by molar-refractivity contribution is -0.261. The number of fused-ring (bicyclic) bond motifs is 2. The van der Waals surface area contributed by atoms with Crippen LogP contribution in [0.3, 0.4) is 0 Å². The molecule has 4 rings (SSSR count). The van der Waals surface area contributed by atoms with Crippen molar-refractivity contribution >= 4 is 5.78 Å². The molecular weight excluding hydrogens is 288 g/mol. The van der Waals surface area contributed by atoms with Crippen molar-refractivity contribution in [1.82, 2.24) is 0 Å². The molecule has 23 heavy (non-hydrogen) atoms. The van der Waals surface area contributed by atoms with Gasteiger partial charge >= 0.3 is 0 Å². The van der Waals surface area contributed by atoms with E-state index < -0.39 is 5.79 Å². The predicted molar refractivity (Wildman–Crippen MR) is 88.9 cm³/mol. The lowest BCUT2D eigenvalue weighted by Crippen LogP contribution is -2.55. The number of allylic oxidation sites excluding steroid dienone is 3. The summed E-state index contributed by atoms with van der Waals surface area (Å²) < 4.78 is 12.3. The number of hydrogen-bond acceptors (Lipinski definition) is 3. The highest BCUT2D eigenvalue weighted by molar-refractivity contribution is 5.92. The van der Waals surface area contributed by atoms with Gasteiger partial charge in [-0.2, -0.15) is 0 Å². The monoisotopic (exact) mass is 316 g/mol. The van der Waals surface area contributed by atoms with E-state index in [2.05, 4.69) is 13.5 Å². The molecule has 0 aromatic heterocycles. The minimum Gasteiger partial charge on any atom is -0.347 e. The molecule has 4 aliphatic rings. The summed E-state index contributed by atoms with van der Waals surface area (Å²) in [5.74, 6) is 0.270. The summed E-state index contributed by atoms with van der Waals surface area (Å²) in [5, 5.41) is 0. The van der Waals surface area contributed by atoms with E-state index in [1.54, 1.807) is 0 Å². The number of carbonyl (C=O) groups excluding carboxylic acids is 1. The van der Waals surface area contributed by atoms with Crippen LogP contribution < -0.4 is 0 Å². The lowest BCUT2D eigenvalue weighted by atomic mass is 9.54. The van der Waals surface area contributed by atoms with Gasteiger partial charge in [0.25, 0.3) is 0 Å². The zero-order valence-electron chi connectivity index (χ0n) is 14.2. The molecule has 3 heteroatoms. The van der Waals surface area contributed by atoms with Crippen molar-refractivity contribution in [2.24, 2.45) is 16.7 Å². The number of ether oxygens (including phenoxy) is 2. The minimum absolute atomic E-state index is 0.0952. The molecule has 3 aliphatic carbocycles. The van der Waals surface area contributed by atoms with E-state index in [0.717, 1.165) is 38.5 Å². The van der Waals surface area contributed by atoms with Crippen LogP contribution in [-0.2, 0) is 14.3 Å². The Kier molecular flexibility index (Phi) is 3.58. The first-order chi connectivity index (χ1) is 11.0. The normalized spacial score (nSPS) is 41.0. The van der Waals surface area contributed by atoms with Crippen molar-refractivity contribution in [1.29, 1.82) is 0 Å². The van der Waals surface area contributed by atoms with Crippen molar-refractivity contribution in [2.75, 3.05) is 13.2 Å². The third-order valence-electron chi connectivity index (χ3n) is 7.08. The van der Waals surface area contributed by atoms with Crippen molar-refractivity contribution < 1.29 is 14.3 Å². The number of carbonyl (C=O) groups is 1. The second kappa shape index (κ2) is 5.29. The van der Waals surface area contributed by atoms with Crippen LogP contribution in [0.5, 0.6) is 0 Å². The Morgan fingerprint density at radius 1 is 1.35 bits per heavy atom. The molecule has 2 saturated carbocycles. The average molecular weight is 316 g/mol. The molecule has 1 saturated heterocycles. The molecule has 3 nitrogen and oxygen atoms in total. The first-order valence-corrected chi connectivity index (χ1v) is 9.16. The van der Waals surface area contributed by atoms with Crippen LogP contribution in [-0.4, -0.2) is 24.8 Å². The molecule has 0 aromatic carbocycles. The summed E-state index contributed by atoms with van der Waals surface area (Å²) in [7, 11) is 0. The molecule has 0 N–H and O–H groups in total. The van der Waals surface area contributed by atoms with Crippen molar-refractivity contribution in [3.8, 4) is 0 Å². The Morgan fingerprint density at radius 2 is 2.13 bits per heavy atom. The number of ketones is 1. The van der Waals surface area contributed by atoms with E-state index in [4.69, 9.17) is 9.47 Å². The molecule has 3 atom stereocenters. The first-order valence-electron chi connectivity index (χ1n) is 9.16. The fourth-order valence-corrected chi connectivity index (χ4v) is 5.93. The fraction of sp³-hybridized carbons (Fsp3) is 0.750. The first kappa shape index (κ1) is 15.6. The second-order valence-corrected chi connectivity index (χ2v) is 8.27. The summed E-state index contributed by atoms with van der Waals surface area (Å²) in [6.07, 6.45) is 12.2. The maximum atomic E-state index is 12.3. The van der Waals surface area contributed by atoms with Crippen LogP contribution >= 0.6 is 0 Å². The van der Waals surface area contributed by atoms with Crippen molar-refractivity contribution in [3.05, 3.63) is 24.3 Å². The third-order valence-corrected chi connectivity index (χ3v) is 7.08. The van der Waals surface area contributed by atoms with Crippen molar-refractivity contribution in [3.63, 3.8) is 0 Å². The summed E-state index contributed by atoms with van der Waals surface area (Å²) in [5.41, 5.74) is 1.74. The molecule has 126 valence electrons. The van der Waals surface area contributed by atoms with Crippen LogP contribution in [0.25, 0.3) is 0 Å². The number of unbranched alkanes of at least 4 members (excludes halogenated alkanes) is 1. The fourth-order valence-electron chi connectivity index (χ4n) is 5.93. The largest absolute Gasteiger partial charge is 0.347 e. The maximum Gasteiger partial charge on any atom is 0.174 e. The Morgan fingerprint density at radius 3 is 2.87 bits per heavy atom. The van der Waals surface area contributed by atoms with Crippen molar-refractivity contribution in [2.45, 2.75) is 64.1 Å². The quantitative estimate of drug-likeness (QED) is 0.576.